The molecule has 9 heteroatoms. The topological polar surface area (TPSA) is 84.4 Å². The van der Waals surface area contributed by atoms with E-state index in [-0.39, 0.29) is 36.4 Å². The maximum absolute atomic E-state index is 11.8. The summed E-state index contributed by atoms with van der Waals surface area (Å²) in [7, 11) is 3.47. The van der Waals surface area contributed by atoms with E-state index in [1.165, 1.54) is 0 Å². The number of aliphatic imine (C=N–C) groups is 1. The van der Waals surface area contributed by atoms with Gasteiger partial charge in [0.25, 0.3) is 0 Å². The van der Waals surface area contributed by atoms with E-state index < -0.39 is 0 Å². The van der Waals surface area contributed by atoms with Gasteiger partial charge in [0.15, 0.2) is 5.96 Å². The Labute approximate surface area is 179 Å². The van der Waals surface area contributed by atoms with E-state index in [4.69, 9.17) is 14.2 Å². The molecule has 2 heterocycles. The summed E-state index contributed by atoms with van der Waals surface area (Å²) in [5, 5.41) is 6.61. The first-order valence-electron chi connectivity index (χ1n) is 9.60. The lowest BCUT2D eigenvalue weighted by Gasteiger charge is -2.16. The SMILES string of the molecule is CN(C)C(=O)CN=C(NCCCOCC1CCOC1)NCC1CCOC1.I. The number of carbonyl (C=O) groups excluding carboxylic acids is 1. The molecule has 2 fully saturated rings. The van der Waals surface area contributed by atoms with Crippen LogP contribution in [0.5, 0.6) is 0 Å². The van der Waals surface area contributed by atoms with E-state index in [1.54, 1.807) is 19.0 Å². The molecule has 0 aliphatic carbocycles. The molecule has 1 amide bonds. The largest absolute Gasteiger partial charge is 0.381 e. The van der Waals surface area contributed by atoms with Gasteiger partial charge in [0.05, 0.1) is 19.8 Å². The average molecular weight is 498 g/mol. The summed E-state index contributed by atoms with van der Waals surface area (Å²) in [5.41, 5.74) is 0. The van der Waals surface area contributed by atoms with Crippen LogP contribution in [0.2, 0.25) is 0 Å². The first kappa shape index (κ1) is 24.4. The Bertz CT molecular complexity index is 439. The Balaban J connectivity index is 0.00000364. The molecule has 27 heavy (non-hydrogen) atoms. The highest BCUT2D eigenvalue weighted by molar-refractivity contribution is 14.0. The van der Waals surface area contributed by atoms with Gasteiger partial charge in [-0.05, 0) is 19.3 Å². The van der Waals surface area contributed by atoms with Gasteiger partial charge >= 0.3 is 0 Å². The maximum Gasteiger partial charge on any atom is 0.243 e. The van der Waals surface area contributed by atoms with Crippen molar-refractivity contribution in [3.63, 3.8) is 0 Å². The molecule has 0 bridgehead atoms. The zero-order chi connectivity index (χ0) is 18.6. The third kappa shape index (κ3) is 10.5. The second-order valence-electron chi connectivity index (χ2n) is 7.15. The Kier molecular flexibility index (Phi) is 13.0. The van der Waals surface area contributed by atoms with E-state index in [2.05, 4.69) is 15.6 Å². The third-order valence-electron chi connectivity index (χ3n) is 4.59. The Morgan fingerprint density at radius 1 is 1.15 bits per heavy atom. The summed E-state index contributed by atoms with van der Waals surface area (Å²) in [4.78, 5) is 17.7. The van der Waals surface area contributed by atoms with E-state index in [1.807, 2.05) is 0 Å². The van der Waals surface area contributed by atoms with Crippen LogP contribution in [0.1, 0.15) is 19.3 Å². The van der Waals surface area contributed by atoms with Gasteiger partial charge < -0.3 is 29.7 Å². The molecule has 158 valence electrons. The molecule has 2 N–H and O–H groups in total. The van der Waals surface area contributed by atoms with Crippen LogP contribution < -0.4 is 10.6 Å². The van der Waals surface area contributed by atoms with Gasteiger partial charge in [-0.25, -0.2) is 4.99 Å². The zero-order valence-electron chi connectivity index (χ0n) is 16.6. The molecule has 2 aliphatic heterocycles. The van der Waals surface area contributed by atoms with Crippen molar-refractivity contribution < 1.29 is 19.0 Å². The summed E-state index contributed by atoms with van der Waals surface area (Å²) in [5.74, 6) is 1.71. The Hall–Kier alpha value is -0.650. The number of hydrogen-bond donors (Lipinski definition) is 2. The number of rotatable bonds is 10. The van der Waals surface area contributed by atoms with E-state index in [0.717, 1.165) is 65.4 Å². The number of guanidine groups is 1. The molecule has 2 saturated heterocycles. The van der Waals surface area contributed by atoms with Gasteiger partial charge in [0, 0.05) is 58.8 Å². The monoisotopic (exact) mass is 498 g/mol. The number of likely N-dealkylation sites (N-methyl/N-ethyl adjacent to an activating group) is 1. The minimum Gasteiger partial charge on any atom is -0.381 e. The Morgan fingerprint density at radius 2 is 1.85 bits per heavy atom. The number of carbonyl (C=O) groups is 1. The van der Waals surface area contributed by atoms with Gasteiger partial charge in [-0.3, -0.25) is 4.79 Å². The predicted octanol–water partition coefficient (Wildman–Crippen LogP) is 0.708. The van der Waals surface area contributed by atoms with Crippen LogP contribution in [0.4, 0.5) is 0 Å². The second kappa shape index (κ2) is 14.4. The number of halogens is 1. The van der Waals surface area contributed by atoms with Crippen LogP contribution in [0.15, 0.2) is 4.99 Å². The highest BCUT2D eigenvalue weighted by Gasteiger charge is 2.16. The predicted molar refractivity (Wildman–Crippen MR) is 116 cm³/mol. The van der Waals surface area contributed by atoms with Gasteiger partial charge in [-0.2, -0.15) is 0 Å². The van der Waals surface area contributed by atoms with Crippen LogP contribution in [-0.2, 0) is 19.0 Å². The van der Waals surface area contributed by atoms with E-state index in [9.17, 15) is 4.79 Å². The summed E-state index contributed by atoms with van der Waals surface area (Å²) in [6.45, 7) is 6.49. The molecule has 0 spiro atoms. The van der Waals surface area contributed by atoms with Crippen molar-refractivity contribution >= 4 is 35.8 Å². The fraction of sp³-hybridized carbons (Fsp3) is 0.889. The van der Waals surface area contributed by atoms with Gasteiger partial charge in [0.1, 0.15) is 6.54 Å². The van der Waals surface area contributed by atoms with E-state index >= 15 is 0 Å². The molecule has 2 unspecified atom stereocenters. The minimum atomic E-state index is -0.0163. The number of hydrogen-bond acceptors (Lipinski definition) is 5. The fourth-order valence-electron chi connectivity index (χ4n) is 2.79. The van der Waals surface area contributed by atoms with Gasteiger partial charge in [0.2, 0.25) is 5.91 Å². The van der Waals surface area contributed by atoms with Gasteiger partial charge in [-0.15, -0.1) is 24.0 Å². The lowest BCUT2D eigenvalue weighted by atomic mass is 10.1. The second-order valence-corrected chi connectivity index (χ2v) is 7.15. The molecule has 0 radical (unpaired) electrons. The quantitative estimate of drug-likeness (QED) is 0.200. The molecule has 8 nitrogen and oxygen atoms in total. The Morgan fingerprint density at radius 3 is 2.48 bits per heavy atom. The highest BCUT2D eigenvalue weighted by Crippen LogP contribution is 2.12. The van der Waals surface area contributed by atoms with Crippen molar-refractivity contribution in [3.05, 3.63) is 0 Å². The smallest absolute Gasteiger partial charge is 0.243 e. The zero-order valence-corrected chi connectivity index (χ0v) is 18.9. The van der Waals surface area contributed by atoms with Crippen molar-refractivity contribution in [1.82, 2.24) is 15.5 Å². The first-order chi connectivity index (χ1) is 12.6. The molecule has 0 aromatic heterocycles. The fourth-order valence-corrected chi connectivity index (χ4v) is 2.79. The molecule has 0 saturated carbocycles. The number of nitrogens with zero attached hydrogens (tertiary/aromatic N) is 2. The van der Waals surface area contributed by atoms with E-state index in [0.29, 0.717) is 24.4 Å². The maximum atomic E-state index is 11.8. The summed E-state index contributed by atoms with van der Waals surface area (Å²) >= 11 is 0. The number of nitrogens with one attached hydrogen (secondary N) is 2. The number of ether oxygens (including phenoxy) is 3. The van der Waals surface area contributed by atoms with Crippen LogP contribution in [0.3, 0.4) is 0 Å². The molecular formula is C18H35IN4O4. The van der Waals surface area contributed by atoms with Gasteiger partial charge in [-0.1, -0.05) is 0 Å². The molecular weight excluding hydrogens is 463 g/mol. The van der Waals surface area contributed by atoms with Crippen LogP contribution >= 0.6 is 24.0 Å². The van der Waals surface area contributed by atoms with Crippen LogP contribution in [0, 0.1) is 11.8 Å². The lowest BCUT2D eigenvalue weighted by Crippen LogP contribution is -2.41. The van der Waals surface area contributed by atoms with Crippen molar-refractivity contribution in [2.45, 2.75) is 19.3 Å². The van der Waals surface area contributed by atoms with Crippen molar-refractivity contribution in [3.8, 4) is 0 Å². The summed E-state index contributed by atoms with van der Waals surface area (Å²) in [6, 6.07) is 0. The van der Waals surface area contributed by atoms with Crippen molar-refractivity contribution in [1.29, 1.82) is 0 Å². The van der Waals surface area contributed by atoms with Crippen LogP contribution in [0.25, 0.3) is 0 Å². The standard InChI is InChI=1S/C18H34N4O4.HI/c1-22(2)17(23)11-21-18(20-10-15-4-8-25-12-15)19-6-3-7-24-13-16-5-9-26-14-16;/h15-16H,3-14H2,1-2H3,(H2,19,20,21);1H. The third-order valence-corrected chi connectivity index (χ3v) is 4.59. The van der Waals surface area contributed by atoms with Crippen LogP contribution in [-0.4, -0.2) is 90.1 Å². The molecule has 2 atom stereocenters. The number of amides is 1. The molecule has 0 aromatic carbocycles. The lowest BCUT2D eigenvalue weighted by molar-refractivity contribution is -0.127. The summed E-state index contributed by atoms with van der Waals surface area (Å²) in [6.07, 6.45) is 3.06. The molecule has 0 aromatic rings. The van der Waals surface area contributed by atoms with Crippen molar-refractivity contribution in [2.75, 3.05) is 73.4 Å². The first-order valence-corrected chi connectivity index (χ1v) is 9.60. The molecule has 2 aliphatic rings. The highest BCUT2D eigenvalue weighted by atomic mass is 127. The average Bonchev–Trinajstić information content (AvgIpc) is 3.32. The van der Waals surface area contributed by atoms with Crippen molar-refractivity contribution in [2.24, 2.45) is 16.8 Å². The normalized spacial score (nSPS) is 22.4. The summed E-state index contributed by atoms with van der Waals surface area (Å²) < 4.78 is 16.5. The minimum absolute atomic E-state index is 0. The molecule has 2 rings (SSSR count).